The summed E-state index contributed by atoms with van der Waals surface area (Å²) in [6.07, 6.45) is 6.20. The molecule has 1 aliphatic heterocycles. The van der Waals surface area contributed by atoms with Crippen molar-refractivity contribution in [1.29, 1.82) is 0 Å². The molecular formula is C16H21N7O. The molecule has 3 aromatic heterocycles. The molecule has 0 unspecified atom stereocenters. The van der Waals surface area contributed by atoms with Crippen LogP contribution >= 0.6 is 0 Å². The highest BCUT2D eigenvalue weighted by Crippen LogP contribution is 2.18. The summed E-state index contributed by atoms with van der Waals surface area (Å²) in [7, 11) is 0. The van der Waals surface area contributed by atoms with Crippen LogP contribution in [0.15, 0.2) is 23.4 Å². The first kappa shape index (κ1) is 15.1. The molecule has 0 bridgehead atoms. The molecule has 8 heteroatoms. The molecular weight excluding hydrogens is 306 g/mol. The number of aryl methyl sites for hydroxylation is 2. The van der Waals surface area contributed by atoms with Crippen molar-refractivity contribution in [2.45, 2.75) is 39.9 Å². The average Bonchev–Trinajstić information content (AvgIpc) is 3.25. The number of fused-ring (bicyclic) bond motifs is 1. The van der Waals surface area contributed by atoms with Gasteiger partial charge in [-0.1, -0.05) is 5.16 Å². The maximum Gasteiger partial charge on any atom is 0.138 e. The number of hydrogen-bond donors (Lipinski definition) is 0. The Hall–Kier alpha value is -2.48. The fourth-order valence-electron chi connectivity index (χ4n) is 3.25. The van der Waals surface area contributed by atoms with Gasteiger partial charge in [0.05, 0.1) is 24.1 Å². The van der Waals surface area contributed by atoms with E-state index in [9.17, 15) is 0 Å². The Morgan fingerprint density at radius 3 is 2.83 bits per heavy atom. The Kier molecular flexibility index (Phi) is 3.89. The van der Waals surface area contributed by atoms with Gasteiger partial charge in [0.15, 0.2) is 0 Å². The van der Waals surface area contributed by atoms with Crippen molar-refractivity contribution in [2.75, 3.05) is 13.1 Å². The largest absolute Gasteiger partial charge is 0.361 e. The van der Waals surface area contributed by atoms with Crippen LogP contribution in [0, 0.1) is 13.8 Å². The molecule has 1 aliphatic rings. The lowest BCUT2D eigenvalue weighted by Gasteiger charge is -2.19. The van der Waals surface area contributed by atoms with Gasteiger partial charge in [-0.15, -0.1) is 0 Å². The van der Waals surface area contributed by atoms with Gasteiger partial charge in [-0.2, -0.15) is 5.10 Å². The summed E-state index contributed by atoms with van der Waals surface area (Å²) >= 11 is 0. The molecule has 24 heavy (non-hydrogen) atoms. The molecule has 0 spiro atoms. The molecule has 0 radical (unpaired) electrons. The third-order valence-corrected chi connectivity index (χ3v) is 4.67. The maximum absolute atomic E-state index is 5.28. The molecule has 0 aliphatic carbocycles. The Bertz CT molecular complexity index is 798. The van der Waals surface area contributed by atoms with E-state index in [1.807, 2.05) is 24.7 Å². The normalized spacial score (nSPS) is 15.4. The van der Waals surface area contributed by atoms with Crippen LogP contribution in [0.3, 0.4) is 0 Å². The van der Waals surface area contributed by atoms with Gasteiger partial charge in [0, 0.05) is 38.2 Å². The number of aromatic nitrogens is 6. The van der Waals surface area contributed by atoms with Crippen molar-refractivity contribution in [1.82, 2.24) is 34.4 Å². The molecule has 0 amide bonds. The van der Waals surface area contributed by atoms with Crippen molar-refractivity contribution >= 4 is 0 Å². The summed E-state index contributed by atoms with van der Waals surface area (Å²) < 4.78 is 9.43. The van der Waals surface area contributed by atoms with E-state index < -0.39 is 0 Å². The first-order chi connectivity index (χ1) is 11.7. The predicted octanol–water partition coefficient (Wildman–Crippen LogP) is 1.19. The third-order valence-electron chi connectivity index (χ3n) is 4.67. The first-order valence-corrected chi connectivity index (χ1v) is 8.20. The molecule has 126 valence electrons. The molecule has 0 aromatic carbocycles. The molecule has 4 heterocycles. The molecule has 3 aromatic rings. The Morgan fingerprint density at radius 1 is 1.17 bits per heavy atom. The minimum atomic E-state index is 0.705. The van der Waals surface area contributed by atoms with E-state index in [1.54, 1.807) is 12.7 Å². The highest BCUT2D eigenvalue weighted by Gasteiger charge is 2.20. The third kappa shape index (κ3) is 2.84. The fraction of sp³-hybridized carbons (Fsp3) is 0.500. The van der Waals surface area contributed by atoms with Crippen molar-refractivity contribution in [2.24, 2.45) is 0 Å². The van der Waals surface area contributed by atoms with Crippen LogP contribution in [0.5, 0.6) is 0 Å². The number of imidazole rings is 1. The maximum atomic E-state index is 5.28. The second-order valence-electron chi connectivity index (χ2n) is 6.24. The summed E-state index contributed by atoms with van der Waals surface area (Å²) in [6, 6.07) is 0. The van der Waals surface area contributed by atoms with Crippen molar-refractivity contribution in [3.8, 4) is 0 Å². The predicted molar refractivity (Wildman–Crippen MR) is 86.3 cm³/mol. The standard InChI is InChI=1S/C16H21N7O/c1-12-15(13(2)24-20-12)9-21-4-3-16-18-7-14(23(16)6-5-21)8-22-11-17-10-19-22/h7,10-11H,3-6,8-9H2,1-2H3. The highest BCUT2D eigenvalue weighted by atomic mass is 16.5. The summed E-state index contributed by atoms with van der Waals surface area (Å²) in [5, 5.41) is 8.24. The van der Waals surface area contributed by atoms with Gasteiger partial charge in [0.2, 0.25) is 0 Å². The van der Waals surface area contributed by atoms with Gasteiger partial charge in [0.25, 0.3) is 0 Å². The van der Waals surface area contributed by atoms with Crippen LogP contribution in [0.25, 0.3) is 0 Å². The monoisotopic (exact) mass is 327 g/mol. The van der Waals surface area contributed by atoms with E-state index in [0.29, 0.717) is 6.54 Å². The second kappa shape index (κ2) is 6.20. The average molecular weight is 327 g/mol. The Morgan fingerprint density at radius 2 is 2.08 bits per heavy atom. The zero-order chi connectivity index (χ0) is 16.5. The molecule has 0 fully saturated rings. The SMILES string of the molecule is Cc1noc(C)c1CN1CCc2ncc(Cn3cncn3)n2CC1. The molecule has 4 rings (SSSR count). The van der Waals surface area contributed by atoms with E-state index in [1.165, 1.54) is 11.3 Å². The smallest absolute Gasteiger partial charge is 0.138 e. The van der Waals surface area contributed by atoms with E-state index in [0.717, 1.165) is 49.9 Å². The molecule has 8 nitrogen and oxygen atoms in total. The summed E-state index contributed by atoms with van der Waals surface area (Å²) in [5.74, 6) is 2.06. The van der Waals surface area contributed by atoms with Crippen molar-refractivity contribution < 1.29 is 4.52 Å². The Balaban J connectivity index is 1.47. The van der Waals surface area contributed by atoms with Gasteiger partial charge >= 0.3 is 0 Å². The molecule has 0 saturated heterocycles. The minimum Gasteiger partial charge on any atom is -0.361 e. The van der Waals surface area contributed by atoms with Gasteiger partial charge in [-0.25, -0.2) is 14.6 Å². The van der Waals surface area contributed by atoms with E-state index in [2.05, 4.69) is 29.7 Å². The lowest BCUT2D eigenvalue weighted by molar-refractivity contribution is 0.268. The van der Waals surface area contributed by atoms with Gasteiger partial charge in [-0.3, -0.25) is 4.90 Å². The fourth-order valence-corrected chi connectivity index (χ4v) is 3.25. The molecule has 0 N–H and O–H groups in total. The molecule has 0 saturated carbocycles. The Labute approximate surface area is 140 Å². The zero-order valence-electron chi connectivity index (χ0n) is 14.0. The number of nitrogens with zero attached hydrogens (tertiary/aromatic N) is 7. The van der Waals surface area contributed by atoms with Gasteiger partial charge < -0.3 is 9.09 Å². The summed E-state index contributed by atoms with van der Waals surface area (Å²) in [6.45, 7) is 8.48. The second-order valence-corrected chi connectivity index (χ2v) is 6.24. The lowest BCUT2D eigenvalue weighted by Crippen LogP contribution is -2.27. The van der Waals surface area contributed by atoms with Gasteiger partial charge in [-0.05, 0) is 13.8 Å². The summed E-state index contributed by atoms with van der Waals surface area (Å²) in [4.78, 5) is 11.1. The van der Waals surface area contributed by atoms with Crippen molar-refractivity contribution in [3.05, 3.63) is 47.4 Å². The molecule has 0 atom stereocenters. The van der Waals surface area contributed by atoms with Crippen LogP contribution in [-0.4, -0.2) is 47.5 Å². The zero-order valence-corrected chi connectivity index (χ0v) is 14.0. The first-order valence-electron chi connectivity index (χ1n) is 8.20. The van der Waals surface area contributed by atoms with Gasteiger partial charge in [0.1, 0.15) is 24.2 Å². The number of hydrogen-bond acceptors (Lipinski definition) is 6. The van der Waals surface area contributed by atoms with Crippen LogP contribution in [0.4, 0.5) is 0 Å². The topological polar surface area (TPSA) is 77.8 Å². The van der Waals surface area contributed by atoms with Crippen LogP contribution in [0.1, 0.15) is 28.5 Å². The summed E-state index contributed by atoms with van der Waals surface area (Å²) in [5.41, 5.74) is 3.37. The minimum absolute atomic E-state index is 0.705. The van der Waals surface area contributed by atoms with Crippen LogP contribution in [-0.2, 0) is 26.1 Å². The number of rotatable bonds is 4. The van der Waals surface area contributed by atoms with Crippen LogP contribution < -0.4 is 0 Å². The van der Waals surface area contributed by atoms with E-state index in [4.69, 9.17) is 4.52 Å². The van der Waals surface area contributed by atoms with Crippen LogP contribution in [0.2, 0.25) is 0 Å². The van der Waals surface area contributed by atoms with Crippen molar-refractivity contribution in [3.63, 3.8) is 0 Å². The van der Waals surface area contributed by atoms with E-state index in [-0.39, 0.29) is 0 Å². The highest BCUT2D eigenvalue weighted by molar-refractivity contribution is 5.20. The van der Waals surface area contributed by atoms with E-state index >= 15 is 0 Å². The lowest BCUT2D eigenvalue weighted by atomic mass is 10.2. The quantitative estimate of drug-likeness (QED) is 0.716.